The molecule has 4 heteroatoms. The standard InChI is InChI=1S/C15H16N2O2/c16-9-13(12-3-5-17-6-4-12)7-11-1-2-14-15(8-11)19-10-18-14/h1-6,8,13H,7,9-10,16H2. The van der Waals surface area contributed by atoms with Crippen LogP contribution in [0.25, 0.3) is 0 Å². The number of hydrogen-bond acceptors (Lipinski definition) is 4. The van der Waals surface area contributed by atoms with E-state index in [1.807, 2.05) is 24.3 Å². The number of nitrogens with zero attached hydrogens (tertiary/aromatic N) is 1. The highest BCUT2D eigenvalue weighted by molar-refractivity contribution is 5.45. The van der Waals surface area contributed by atoms with E-state index in [9.17, 15) is 0 Å². The van der Waals surface area contributed by atoms with E-state index in [0.717, 1.165) is 17.9 Å². The molecule has 0 saturated heterocycles. The van der Waals surface area contributed by atoms with E-state index in [1.54, 1.807) is 12.4 Å². The number of ether oxygens (including phenoxy) is 2. The van der Waals surface area contributed by atoms with Gasteiger partial charge in [0.1, 0.15) is 0 Å². The molecule has 1 aromatic carbocycles. The Balaban J connectivity index is 1.80. The van der Waals surface area contributed by atoms with Crippen molar-refractivity contribution in [1.29, 1.82) is 0 Å². The van der Waals surface area contributed by atoms with Gasteiger partial charge in [-0.3, -0.25) is 4.98 Å². The fraction of sp³-hybridized carbons (Fsp3) is 0.267. The first-order chi connectivity index (χ1) is 9.36. The topological polar surface area (TPSA) is 57.4 Å². The van der Waals surface area contributed by atoms with Gasteiger partial charge in [0, 0.05) is 18.3 Å². The van der Waals surface area contributed by atoms with Crippen LogP contribution in [0.4, 0.5) is 0 Å². The number of hydrogen-bond donors (Lipinski definition) is 1. The van der Waals surface area contributed by atoms with Crippen LogP contribution >= 0.6 is 0 Å². The highest BCUT2D eigenvalue weighted by Gasteiger charge is 2.16. The maximum absolute atomic E-state index is 5.89. The Bertz CT molecular complexity index is 557. The molecule has 0 aliphatic carbocycles. The number of nitrogens with two attached hydrogens (primary N) is 1. The molecule has 0 radical (unpaired) electrons. The quantitative estimate of drug-likeness (QED) is 0.910. The van der Waals surface area contributed by atoms with Crippen LogP contribution in [0.5, 0.6) is 11.5 Å². The van der Waals surface area contributed by atoms with Gasteiger partial charge >= 0.3 is 0 Å². The fourth-order valence-corrected chi connectivity index (χ4v) is 2.33. The molecule has 1 unspecified atom stereocenters. The molecule has 1 atom stereocenters. The summed E-state index contributed by atoms with van der Waals surface area (Å²) < 4.78 is 10.7. The molecule has 3 rings (SSSR count). The van der Waals surface area contributed by atoms with E-state index < -0.39 is 0 Å². The van der Waals surface area contributed by atoms with Crippen LogP contribution in [0.15, 0.2) is 42.7 Å². The molecule has 2 heterocycles. The van der Waals surface area contributed by atoms with Gasteiger partial charge in [0.15, 0.2) is 11.5 Å². The van der Waals surface area contributed by atoms with E-state index in [1.165, 1.54) is 11.1 Å². The van der Waals surface area contributed by atoms with Gasteiger partial charge in [-0.05, 0) is 48.4 Å². The molecule has 1 aliphatic heterocycles. The molecule has 0 fully saturated rings. The smallest absolute Gasteiger partial charge is 0.231 e. The molecule has 19 heavy (non-hydrogen) atoms. The second-order valence-electron chi connectivity index (χ2n) is 4.60. The van der Waals surface area contributed by atoms with Crippen molar-refractivity contribution in [2.75, 3.05) is 13.3 Å². The number of aromatic nitrogens is 1. The third-order valence-electron chi connectivity index (χ3n) is 3.38. The van der Waals surface area contributed by atoms with Gasteiger partial charge < -0.3 is 15.2 Å². The summed E-state index contributed by atoms with van der Waals surface area (Å²) >= 11 is 0. The lowest BCUT2D eigenvalue weighted by Crippen LogP contribution is -2.15. The van der Waals surface area contributed by atoms with Crippen molar-refractivity contribution in [1.82, 2.24) is 4.98 Å². The summed E-state index contributed by atoms with van der Waals surface area (Å²) in [4.78, 5) is 4.04. The van der Waals surface area contributed by atoms with Gasteiger partial charge in [0.2, 0.25) is 6.79 Å². The number of fused-ring (bicyclic) bond motifs is 1. The predicted molar refractivity (Wildman–Crippen MR) is 72.3 cm³/mol. The van der Waals surface area contributed by atoms with E-state index in [0.29, 0.717) is 19.3 Å². The molecule has 2 aromatic rings. The minimum absolute atomic E-state index is 0.295. The lowest BCUT2D eigenvalue weighted by atomic mass is 9.92. The molecule has 2 N–H and O–H groups in total. The van der Waals surface area contributed by atoms with Crippen LogP contribution in [0, 0.1) is 0 Å². The van der Waals surface area contributed by atoms with Crippen molar-refractivity contribution in [2.24, 2.45) is 5.73 Å². The van der Waals surface area contributed by atoms with Crippen LogP contribution in [0.2, 0.25) is 0 Å². The minimum Gasteiger partial charge on any atom is -0.454 e. The lowest BCUT2D eigenvalue weighted by molar-refractivity contribution is 0.174. The van der Waals surface area contributed by atoms with E-state index in [4.69, 9.17) is 15.2 Å². The molecule has 0 bridgehead atoms. The van der Waals surface area contributed by atoms with Gasteiger partial charge in [-0.2, -0.15) is 0 Å². The van der Waals surface area contributed by atoms with Crippen molar-refractivity contribution in [3.63, 3.8) is 0 Å². The first-order valence-electron chi connectivity index (χ1n) is 6.35. The molecule has 0 spiro atoms. The summed E-state index contributed by atoms with van der Waals surface area (Å²) in [5.41, 5.74) is 8.31. The molecule has 1 aliphatic rings. The molecule has 0 saturated carbocycles. The Morgan fingerprint density at radius 3 is 2.68 bits per heavy atom. The molecule has 1 aromatic heterocycles. The van der Waals surface area contributed by atoms with Crippen LogP contribution in [0.3, 0.4) is 0 Å². The Kier molecular flexibility index (Phi) is 3.33. The second kappa shape index (κ2) is 5.28. The van der Waals surface area contributed by atoms with Crippen LogP contribution in [-0.4, -0.2) is 18.3 Å². The largest absolute Gasteiger partial charge is 0.454 e. The first-order valence-corrected chi connectivity index (χ1v) is 6.35. The predicted octanol–water partition coefficient (Wildman–Crippen LogP) is 2.10. The zero-order chi connectivity index (χ0) is 13.1. The molecule has 98 valence electrons. The Hall–Kier alpha value is -2.07. The van der Waals surface area contributed by atoms with Gasteiger partial charge in [0.25, 0.3) is 0 Å². The van der Waals surface area contributed by atoms with Gasteiger partial charge in [-0.15, -0.1) is 0 Å². The summed E-state index contributed by atoms with van der Waals surface area (Å²) in [6.07, 6.45) is 4.49. The highest BCUT2D eigenvalue weighted by atomic mass is 16.7. The minimum atomic E-state index is 0.295. The number of pyridine rings is 1. The van der Waals surface area contributed by atoms with Gasteiger partial charge in [-0.25, -0.2) is 0 Å². The van der Waals surface area contributed by atoms with Crippen molar-refractivity contribution >= 4 is 0 Å². The van der Waals surface area contributed by atoms with Crippen LogP contribution < -0.4 is 15.2 Å². The summed E-state index contributed by atoms with van der Waals surface area (Å²) in [6, 6.07) is 10.1. The SMILES string of the molecule is NCC(Cc1ccc2c(c1)OCO2)c1ccncc1. The lowest BCUT2D eigenvalue weighted by Gasteiger charge is -2.15. The number of benzene rings is 1. The Morgan fingerprint density at radius 1 is 1.11 bits per heavy atom. The van der Waals surface area contributed by atoms with Crippen molar-refractivity contribution in [3.8, 4) is 11.5 Å². The van der Waals surface area contributed by atoms with E-state index >= 15 is 0 Å². The number of rotatable bonds is 4. The van der Waals surface area contributed by atoms with Crippen molar-refractivity contribution < 1.29 is 9.47 Å². The van der Waals surface area contributed by atoms with Crippen molar-refractivity contribution in [3.05, 3.63) is 53.9 Å². The third-order valence-corrected chi connectivity index (χ3v) is 3.38. The summed E-state index contributed by atoms with van der Waals surface area (Å²) in [5.74, 6) is 1.93. The summed E-state index contributed by atoms with van der Waals surface area (Å²) in [6.45, 7) is 0.919. The maximum Gasteiger partial charge on any atom is 0.231 e. The molecular weight excluding hydrogens is 240 g/mol. The van der Waals surface area contributed by atoms with Crippen LogP contribution in [0.1, 0.15) is 17.0 Å². The Labute approximate surface area is 112 Å². The zero-order valence-electron chi connectivity index (χ0n) is 10.6. The normalized spacial score (nSPS) is 14.4. The van der Waals surface area contributed by atoms with Crippen LogP contribution in [-0.2, 0) is 6.42 Å². The Morgan fingerprint density at radius 2 is 1.89 bits per heavy atom. The average molecular weight is 256 g/mol. The van der Waals surface area contributed by atoms with E-state index in [2.05, 4.69) is 11.1 Å². The average Bonchev–Trinajstić information content (AvgIpc) is 2.93. The first kappa shape index (κ1) is 12.0. The highest BCUT2D eigenvalue weighted by Crippen LogP contribution is 2.33. The summed E-state index contributed by atoms with van der Waals surface area (Å²) in [7, 11) is 0. The third kappa shape index (κ3) is 2.53. The molecule has 0 amide bonds. The summed E-state index contributed by atoms with van der Waals surface area (Å²) in [5, 5.41) is 0. The monoisotopic (exact) mass is 256 g/mol. The second-order valence-corrected chi connectivity index (χ2v) is 4.60. The molecule has 4 nitrogen and oxygen atoms in total. The van der Waals surface area contributed by atoms with Gasteiger partial charge in [-0.1, -0.05) is 6.07 Å². The fourth-order valence-electron chi connectivity index (χ4n) is 2.33. The maximum atomic E-state index is 5.89. The van der Waals surface area contributed by atoms with E-state index in [-0.39, 0.29) is 0 Å². The zero-order valence-corrected chi connectivity index (χ0v) is 10.6. The molecular formula is C15H16N2O2. The van der Waals surface area contributed by atoms with Crippen molar-refractivity contribution in [2.45, 2.75) is 12.3 Å². The van der Waals surface area contributed by atoms with Gasteiger partial charge in [0.05, 0.1) is 0 Å².